The molecule has 0 aliphatic rings. The van der Waals surface area contributed by atoms with Gasteiger partial charge < -0.3 is 5.11 Å². The number of aromatic nitrogens is 1. The topological polar surface area (TPSA) is 33.1 Å². The molecule has 13 heavy (non-hydrogen) atoms. The van der Waals surface area contributed by atoms with Crippen LogP contribution in [0.5, 0.6) is 0 Å². The zero-order chi connectivity index (χ0) is 9.90. The maximum absolute atomic E-state index is 9.29. The first-order chi connectivity index (χ1) is 6.05. The van der Waals surface area contributed by atoms with Gasteiger partial charge in [0.05, 0.1) is 6.61 Å². The third kappa shape index (κ3) is 2.52. The molecule has 72 valence electrons. The Morgan fingerprint density at radius 2 is 2.15 bits per heavy atom. The van der Waals surface area contributed by atoms with Crippen molar-refractivity contribution < 1.29 is 5.11 Å². The number of hydrogen-bond acceptors (Lipinski definition) is 2. The molecule has 0 amide bonds. The van der Waals surface area contributed by atoms with Gasteiger partial charge in [-0.25, -0.2) is 0 Å². The zero-order valence-electron chi connectivity index (χ0n) is 8.49. The van der Waals surface area contributed by atoms with Crippen LogP contribution in [0.1, 0.15) is 32.3 Å². The SMILES string of the molecule is CC(C)(C)C(CO)c1cccnc1. The molecular formula is C11H17NO. The lowest BCUT2D eigenvalue weighted by Gasteiger charge is -2.29. The maximum atomic E-state index is 9.29. The molecule has 1 atom stereocenters. The Morgan fingerprint density at radius 1 is 1.46 bits per heavy atom. The van der Waals surface area contributed by atoms with E-state index in [0.29, 0.717) is 0 Å². The Morgan fingerprint density at radius 3 is 2.54 bits per heavy atom. The molecule has 1 aromatic heterocycles. The van der Waals surface area contributed by atoms with E-state index >= 15 is 0 Å². The van der Waals surface area contributed by atoms with Crippen LogP contribution in [0.2, 0.25) is 0 Å². The average Bonchev–Trinajstić information content (AvgIpc) is 2.05. The summed E-state index contributed by atoms with van der Waals surface area (Å²) in [6, 6.07) is 3.92. The predicted octanol–water partition coefficient (Wildman–Crippen LogP) is 2.20. The summed E-state index contributed by atoms with van der Waals surface area (Å²) in [5.74, 6) is 0.168. The van der Waals surface area contributed by atoms with Crippen molar-refractivity contribution in [2.24, 2.45) is 5.41 Å². The van der Waals surface area contributed by atoms with Crippen LogP contribution in [0.4, 0.5) is 0 Å². The average molecular weight is 179 g/mol. The summed E-state index contributed by atoms with van der Waals surface area (Å²) in [6.45, 7) is 6.55. The van der Waals surface area contributed by atoms with Gasteiger partial charge in [0.2, 0.25) is 0 Å². The summed E-state index contributed by atoms with van der Waals surface area (Å²) in [7, 11) is 0. The zero-order valence-corrected chi connectivity index (χ0v) is 8.49. The van der Waals surface area contributed by atoms with Crippen LogP contribution < -0.4 is 0 Å². The molecule has 0 radical (unpaired) electrons. The van der Waals surface area contributed by atoms with Crippen molar-refractivity contribution in [3.63, 3.8) is 0 Å². The Bertz CT molecular complexity index is 251. The van der Waals surface area contributed by atoms with E-state index in [1.54, 1.807) is 6.20 Å². The van der Waals surface area contributed by atoms with E-state index in [2.05, 4.69) is 25.8 Å². The van der Waals surface area contributed by atoms with Gasteiger partial charge in [0, 0.05) is 18.3 Å². The van der Waals surface area contributed by atoms with Gasteiger partial charge in [-0.05, 0) is 17.0 Å². The lowest BCUT2D eigenvalue weighted by atomic mass is 9.77. The molecule has 0 spiro atoms. The highest BCUT2D eigenvalue weighted by Gasteiger charge is 2.25. The van der Waals surface area contributed by atoms with Crippen molar-refractivity contribution in [1.29, 1.82) is 0 Å². The molecule has 0 aliphatic carbocycles. The van der Waals surface area contributed by atoms with Crippen molar-refractivity contribution in [2.45, 2.75) is 26.7 Å². The van der Waals surface area contributed by atoms with Crippen molar-refractivity contribution >= 4 is 0 Å². The number of pyridine rings is 1. The van der Waals surface area contributed by atoms with E-state index in [-0.39, 0.29) is 17.9 Å². The van der Waals surface area contributed by atoms with Gasteiger partial charge >= 0.3 is 0 Å². The molecule has 0 bridgehead atoms. The van der Waals surface area contributed by atoms with E-state index in [1.165, 1.54) is 0 Å². The fourth-order valence-corrected chi connectivity index (χ4v) is 1.46. The van der Waals surface area contributed by atoms with Gasteiger partial charge in [-0.2, -0.15) is 0 Å². The van der Waals surface area contributed by atoms with Gasteiger partial charge in [0.1, 0.15) is 0 Å². The first kappa shape index (κ1) is 10.2. The quantitative estimate of drug-likeness (QED) is 0.755. The summed E-state index contributed by atoms with van der Waals surface area (Å²) in [5, 5.41) is 9.29. The predicted molar refractivity (Wildman–Crippen MR) is 53.5 cm³/mol. The third-order valence-corrected chi connectivity index (χ3v) is 2.31. The molecule has 1 unspecified atom stereocenters. The first-order valence-corrected chi connectivity index (χ1v) is 4.56. The molecule has 1 rings (SSSR count). The maximum Gasteiger partial charge on any atom is 0.0505 e. The summed E-state index contributed by atoms with van der Waals surface area (Å²) in [4.78, 5) is 4.06. The van der Waals surface area contributed by atoms with Gasteiger partial charge in [-0.3, -0.25) is 4.98 Å². The standard InChI is InChI=1S/C11H17NO/c1-11(2,3)10(8-13)9-5-4-6-12-7-9/h4-7,10,13H,8H2,1-3H3. The summed E-state index contributed by atoms with van der Waals surface area (Å²) >= 11 is 0. The van der Waals surface area contributed by atoms with Crippen LogP contribution >= 0.6 is 0 Å². The van der Waals surface area contributed by atoms with E-state index in [0.717, 1.165) is 5.56 Å². The Hall–Kier alpha value is -0.890. The van der Waals surface area contributed by atoms with E-state index in [1.807, 2.05) is 18.3 Å². The van der Waals surface area contributed by atoms with Crippen LogP contribution in [-0.2, 0) is 0 Å². The highest BCUT2D eigenvalue weighted by molar-refractivity contribution is 5.17. The molecule has 0 saturated carbocycles. The largest absolute Gasteiger partial charge is 0.396 e. The van der Waals surface area contributed by atoms with Crippen LogP contribution in [0, 0.1) is 5.41 Å². The Balaban J connectivity index is 2.92. The lowest BCUT2D eigenvalue weighted by Crippen LogP contribution is -2.21. The van der Waals surface area contributed by atoms with E-state index in [9.17, 15) is 5.11 Å². The van der Waals surface area contributed by atoms with Crippen LogP contribution in [-0.4, -0.2) is 16.7 Å². The molecule has 2 heteroatoms. The minimum Gasteiger partial charge on any atom is -0.396 e. The lowest BCUT2D eigenvalue weighted by molar-refractivity contribution is 0.186. The molecule has 0 aliphatic heterocycles. The number of nitrogens with zero attached hydrogens (tertiary/aromatic N) is 1. The molecule has 1 N–H and O–H groups in total. The monoisotopic (exact) mass is 179 g/mol. The summed E-state index contributed by atoms with van der Waals surface area (Å²) in [6.07, 6.45) is 3.58. The first-order valence-electron chi connectivity index (χ1n) is 4.56. The van der Waals surface area contributed by atoms with Crippen LogP contribution in [0.3, 0.4) is 0 Å². The third-order valence-electron chi connectivity index (χ3n) is 2.31. The van der Waals surface area contributed by atoms with Crippen LogP contribution in [0.15, 0.2) is 24.5 Å². The molecule has 0 fully saturated rings. The fourth-order valence-electron chi connectivity index (χ4n) is 1.46. The number of hydrogen-bond donors (Lipinski definition) is 1. The van der Waals surface area contributed by atoms with Gasteiger partial charge in [0.15, 0.2) is 0 Å². The molecule has 0 saturated heterocycles. The highest BCUT2D eigenvalue weighted by atomic mass is 16.3. The van der Waals surface area contributed by atoms with Crippen molar-refractivity contribution in [2.75, 3.05) is 6.61 Å². The van der Waals surface area contributed by atoms with Gasteiger partial charge in [-0.15, -0.1) is 0 Å². The molecule has 1 heterocycles. The molecular weight excluding hydrogens is 162 g/mol. The van der Waals surface area contributed by atoms with Crippen molar-refractivity contribution in [3.8, 4) is 0 Å². The second-order valence-electron chi connectivity index (χ2n) is 4.39. The van der Waals surface area contributed by atoms with Gasteiger partial charge in [0.25, 0.3) is 0 Å². The second-order valence-corrected chi connectivity index (χ2v) is 4.39. The Kier molecular flexibility index (Phi) is 3.04. The van der Waals surface area contributed by atoms with Crippen LogP contribution in [0.25, 0.3) is 0 Å². The second kappa shape index (κ2) is 3.88. The van der Waals surface area contributed by atoms with Gasteiger partial charge in [-0.1, -0.05) is 26.8 Å². The number of rotatable bonds is 2. The summed E-state index contributed by atoms with van der Waals surface area (Å²) < 4.78 is 0. The minimum atomic E-state index is 0.0811. The number of aliphatic hydroxyl groups is 1. The summed E-state index contributed by atoms with van der Waals surface area (Å²) in [5.41, 5.74) is 1.19. The fraction of sp³-hybridized carbons (Fsp3) is 0.545. The highest BCUT2D eigenvalue weighted by Crippen LogP contribution is 2.33. The minimum absolute atomic E-state index is 0.0811. The number of aliphatic hydroxyl groups excluding tert-OH is 1. The van der Waals surface area contributed by atoms with E-state index < -0.39 is 0 Å². The molecule has 1 aromatic rings. The smallest absolute Gasteiger partial charge is 0.0505 e. The normalized spacial score (nSPS) is 14.2. The van der Waals surface area contributed by atoms with Crippen molar-refractivity contribution in [3.05, 3.63) is 30.1 Å². The molecule has 2 nitrogen and oxygen atoms in total. The van der Waals surface area contributed by atoms with E-state index in [4.69, 9.17) is 0 Å². The Labute approximate surface area is 79.6 Å². The van der Waals surface area contributed by atoms with Crippen molar-refractivity contribution in [1.82, 2.24) is 4.98 Å². The molecule has 0 aromatic carbocycles.